The molecule has 5 heteroatoms. The molecule has 2 unspecified atom stereocenters. The Morgan fingerprint density at radius 2 is 2.13 bits per heavy atom. The Bertz CT molecular complexity index is 637. The summed E-state index contributed by atoms with van der Waals surface area (Å²) in [6.45, 7) is 2.74. The maximum Gasteiger partial charge on any atom is 0.253 e. The summed E-state index contributed by atoms with van der Waals surface area (Å²) in [5.74, 6) is 1.02. The fourth-order valence-corrected chi connectivity index (χ4v) is 2.56. The lowest BCUT2D eigenvalue weighted by molar-refractivity contribution is 0.0712. The van der Waals surface area contributed by atoms with Crippen LogP contribution in [0.15, 0.2) is 48.7 Å². The van der Waals surface area contributed by atoms with Crippen LogP contribution >= 0.6 is 0 Å². The number of nitrogens with zero attached hydrogens (tertiary/aromatic N) is 1. The zero-order chi connectivity index (χ0) is 16.1. The highest BCUT2D eigenvalue weighted by molar-refractivity contribution is 5.94. The molecular formula is C18H20N2O3. The van der Waals surface area contributed by atoms with Crippen molar-refractivity contribution in [1.82, 2.24) is 10.3 Å². The maximum absolute atomic E-state index is 12.2. The minimum absolute atomic E-state index is 0.00903. The van der Waals surface area contributed by atoms with Gasteiger partial charge in [-0.15, -0.1) is 0 Å². The fourth-order valence-electron chi connectivity index (χ4n) is 2.56. The van der Waals surface area contributed by atoms with Crippen molar-refractivity contribution in [3.8, 4) is 11.6 Å². The van der Waals surface area contributed by atoms with Gasteiger partial charge in [-0.2, -0.15) is 0 Å². The highest BCUT2D eigenvalue weighted by Crippen LogP contribution is 2.19. The van der Waals surface area contributed by atoms with Crippen molar-refractivity contribution in [2.45, 2.75) is 31.9 Å². The summed E-state index contributed by atoms with van der Waals surface area (Å²) >= 11 is 0. The van der Waals surface area contributed by atoms with Crippen molar-refractivity contribution in [1.29, 1.82) is 0 Å². The number of amides is 1. The fraction of sp³-hybridized carbons (Fsp3) is 0.333. The van der Waals surface area contributed by atoms with E-state index in [1.807, 2.05) is 37.3 Å². The molecule has 2 atom stereocenters. The van der Waals surface area contributed by atoms with Crippen LogP contribution in [0.4, 0.5) is 0 Å². The van der Waals surface area contributed by atoms with Gasteiger partial charge in [0, 0.05) is 18.9 Å². The monoisotopic (exact) mass is 312 g/mol. The molecule has 0 bridgehead atoms. The Morgan fingerprint density at radius 1 is 1.30 bits per heavy atom. The molecule has 2 heterocycles. The molecule has 1 N–H and O–H groups in total. The molecule has 120 valence electrons. The van der Waals surface area contributed by atoms with E-state index in [1.165, 1.54) is 6.20 Å². The van der Waals surface area contributed by atoms with E-state index in [0.29, 0.717) is 17.2 Å². The number of rotatable bonds is 5. The summed E-state index contributed by atoms with van der Waals surface area (Å²) in [5.41, 5.74) is 0.509. The highest BCUT2D eigenvalue weighted by Gasteiger charge is 2.24. The predicted molar refractivity (Wildman–Crippen MR) is 86.7 cm³/mol. The zero-order valence-corrected chi connectivity index (χ0v) is 13.1. The number of benzene rings is 1. The molecule has 0 radical (unpaired) electrons. The van der Waals surface area contributed by atoms with E-state index >= 15 is 0 Å². The Balaban J connectivity index is 1.59. The number of aromatic nitrogens is 1. The second-order valence-corrected chi connectivity index (χ2v) is 5.61. The third-order valence-corrected chi connectivity index (χ3v) is 3.85. The molecular weight excluding hydrogens is 292 g/mol. The van der Waals surface area contributed by atoms with Gasteiger partial charge in [-0.25, -0.2) is 4.98 Å². The molecule has 5 nitrogen and oxygen atoms in total. The molecule has 23 heavy (non-hydrogen) atoms. The van der Waals surface area contributed by atoms with Crippen molar-refractivity contribution in [3.05, 3.63) is 54.2 Å². The first-order valence-electron chi connectivity index (χ1n) is 7.84. The summed E-state index contributed by atoms with van der Waals surface area (Å²) in [7, 11) is 0. The molecule has 1 saturated heterocycles. The van der Waals surface area contributed by atoms with Gasteiger partial charge in [0.05, 0.1) is 17.7 Å². The van der Waals surface area contributed by atoms with E-state index < -0.39 is 0 Å². The average Bonchev–Trinajstić information content (AvgIpc) is 3.11. The van der Waals surface area contributed by atoms with Gasteiger partial charge in [0.2, 0.25) is 5.88 Å². The molecule has 1 aliphatic rings. The molecule has 2 aromatic rings. The van der Waals surface area contributed by atoms with Crippen molar-refractivity contribution >= 4 is 5.91 Å². The normalized spacial score (nSPS) is 18.4. The number of carbonyl (C=O) groups excluding carboxylic acids is 1. The van der Waals surface area contributed by atoms with Crippen LogP contribution in [0.3, 0.4) is 0 Å². The number of hydrogen-bond acceptors (Lipinski definition) is 4. The van der Waals surface area contributed by atoms with Crippen LogP contribution in [0, 0.1) is 0 Å². The molecule has 0 spiro atoms. The third-order valence-electron chi connectivity index (χ3n) is 3.85. The summed E-state index contributed by atoms with van der Waals surface area (Å²) < 4.78 is 11.2. The van der Waals surface area contributed by atoms with Gasteiger partial charge < -0.3 is 14.8 Å². The molecule has 0 aliphatic carbocycles. The topological polar surface area (TPSA) is 60.5 Å². The lowest BCUT2D eigenvalue weighted by atomic mass is 10.1. The Kier molecular flexibility index (Phi) is 4.88. The number of nitrogens with one attached hydrogen (secondary N) is 1. The summed E-state index contributed by atoms with van der Waals surface area (Å²) in [6, 6.07) is 12.8. The van der Waals surface area contributed by atoms with Crippen LogP contribution in [0.5, 0.6) is 11.6 Å². The van der Waals surface area contributed by atoms with Gasteiger partial charge in [-0.1, -0.05) is 18.2 Å². The quantitative estimate of drug-likeness (QED) is 0.921. The van der Waals surface area contributed by atoms with Gasteiger partial charge in [0.1, 0.15) is 5.75 Å². The molecule has 1 aliphatic heterocycles. The van der Waals surface area contributed by atoms with Crippen LogP contribution in [-0.2, 0) is 4.74 Å². The van der Waals surface area contributed by atoms with E-state index in [1.54, 1.807) is 12.1 Å². The lowest BCUT2D eigenvalue weighted by Crippen LogP contribution is -2.40. The van der Waals surface area contributed by atoms with Gasteiger partial charge in [-0.3, -0.25) is 4.79 Å². The maximum atomic E-state index is 12.2. The molecule has 1 aromatic carbocycles. The highest BCUT2D eigenvalue weighted by atomic mass is 16.5. The van der Waals surface area contributed by atoms with E-state index in [-0.39, 0.29) is 18.1 Å². The van der Waals surface area contributed by atoms with Crippen LogP contribution in [0.25, 0.3) is 0 Å². The van der Waals surface area contributed by atoms with Crippen molar-refractivity contribution in [2.75, 3.05) is 6.61 Å². The zero-order valence-electron chi connectivity index (χ0n) is 13.1. The smallest absolute Gasteiger partial charge is 0.253 e. The molecule has 1 fully saturated rings. The summed E-state index contributed by atoms with van der Waals surface area (Å²) in [6.07, 6.45) is 3.67. The van der Waals surface area contributed by atoms with E-state index in [2.05, 4.69) is 10.3 Å². The minimum atomic E-state index is -0.147. The predicted octanol–water partition coefficient (Wildman–Crippen LogP) is 3.17. The standard InChI is InChI=1S/C18H20N2O3/c1-13(16-8-5-11-22-16)20-18(21)14-9-10-17(19-12-14)23-15-6-3-2-4-7-15/h2-4,6-7,9-10,12-13,16H,5,8,11H2,1H3,(H,20,21). The lowest BCUT2D eigenvalue weighted by Gasteiger charge is -2.19. The van der Waals surface area contributed by atoms with E-state index in [9.17, 15) is 4.79 Å². The molecule has 1 aromatic heterocycles. The summed E-state index contributed by atoms with van der Waals surface area (Å²) in [4.78, 5) is 16.4. The van der Waals surface area contributed by atoms with E-state index in [0.717, 1.165) is 19.4 Å². The second kappa shape index (κ2) is 7.24. The molecule has 3 rings (SSSR count). The molecule has 0 saturated carbocycles. The Morgan fingerprint density at radius 3 is 2.78 bits per heavy atom. The van der Waals surface area contributed by atoms with Gasteiger partial charge in [0.15, 0.2) is 0 Å². The van der Waals surface area contributed by atoms with E-state index in [4.69, 9.17) is 9.47 Å². The Labute approximate surface area is 135 Å². The first-order chi connectivity index (χ1) is 11.2. The van der Waals surface area contributed by atoms with Gasteiger partial charge >= 0.3 is 0 Å². The van der Waals surface area contributed by atoms with Crippen molar-refractivity contribution in [3.63, 3.8) is 0 Å². The SMILES string of the molecule is CC(NC(=O)c1ccc(Oc2ccccc2)nc1)C1CCCO1. The number of ether oxygens (including phenoxy) is 2. The van der Waals surface area contributed by atoms with Crippen LogP contribution in [-0.4, -0.2) is 29.6 Å². The van der Waals surface area contributed by atoms with Crippen LogP contribution < -0.4 is 10.1 Å². The number of carbonyl (C=O) groups is 1. The van der Waals surface area contributed by atoms with Crippen LogP contribution in [0.1, 0.15) is 30.1 Å². The average molecular weight is 312 g/mol. The van der Waals surface area contributed by atoms with Gasteiger partial charge in [-0.05, 0) is 38.0 Å². The first kappa shape index (κ1) is 15.5. The van der Waals surface area contributed by atoms with Gasteiger partial charge in [0.25, 0.3) is 5.91 Å². The third kappa shape index (κ3) is 4.07. The largest absolute Gasteiger partial charge is 0.439 e. The number of para-hydroxylation sites is 1. The first-order valence-corrected chi connectivity index (χ1v) is 7.84. The minimum Gasteiger partial charge on any atom is -0.439 e. The van der Waals surface area contributed by atoms with Crippen molar-refractivity contribution < 1.29 is 14.3 Å². The van der Waals surface area contributed by atoms with Crippen LogP contribution in [0.2, 0.25) is 0 Å². The number of hydrogen-bond donors (Lipinski definition) is 1. The Hall–Kier alpha value is -2.40. The number of pyridine rings is 1. The summed E-state index contributed by atoms with van der Waals surface area (Å²) in [5, 5.41) is 2.96. The van der Waals surface area contributed by atoms with Crippen molar-refractivity contribution in [2.24, 2.45) is 0 Å². The second-order valence-electron chi connectivity index (χ2n) is 5.61. The molecule has 1 amide bonds.